The number of rotatable bonds is 4. The third-order valence-electron chi connectivity index (χ3n) is 2.76. The first kappa shape index (κ1) is 12.8. The van der Waals surface area contributed by atoms with E-state index in [-0.39, 0.29) is 0 Å². The van der Waals surface area contributed by atoms with Crippen LogP contribution in [0, 0.1) is 11.3 Å². The summed E-state index contributed by atoms with van der Waals surface area (Å²) in [7, 11) is 3.56. The molecule has 0 aliphatic rings. The Kier molecular flexibility index (Phi) is 3.94. The molecular formula is C14H14N4O. The fourth-order valence-electron chi connectivity index (χ4n) is 1.79. The van der Waals surface area contributed by atoms with Crippen molar-refractivity contribution in [3.05, 3.63) is 47.9 Å². The maximum atomic E-state index is 8.84. The van der Waals surface area contributed by atoms with E-state index in [1.165, 1.54) is 6.33 Å². The van der Waals surface area contributed by atoms with Crippen LogP contribution in [-0.2, 0) is 6.54 Å². The van der Waals surface area contributed by atoms with Crippen molar-refractivity contribution in [2.45, 2.75) is 6.54 Å². The van der Waals surface area contributed by atoms with Crippen molar-refractivity contribution < 1.29 is 4.74 Å². The quantitative estimate of drug-likeness (QED) is 0.835. The number of aromatic nitrogens is 2. The van der Waals surface area contributed by atoms with Gasteiger partial charge in [0.15, 0.2) is 0 Å². The van der Waals surface area contributed by atoms with Gasteiger partial charge in [0.2, 0.25) is 0 Å². The number of nitriles is 1. The number of benzene rings is 1. The molecule has 5 heteroatoms. The molecule has 1 aromatic carbocycles. The Balaban J connectivity index is 2.21. The predicted molar refractivity (Wildman–Crippen MR) is 71.8 cm³/mol. The highest BCUT2D eigenvalue weighted by Crippen LogP contribution is 2.20. The zero-order valence-corrected chi connectivity index (χ0v) is 10.9. The fourth-order valence-corrected chi connectivity index (χ4v) is 1.79. The minimum Gasteiger partial charge on any atom is -0.496 e. The van der Waals surface area contributed by atoms with E-state index in [9.17, 15) is 0 Å². The van der Waals surface area contributed by atoms with E-state index in [4.69, 9.17) is 10.00 Å². The lowest BCUT2D eigenvalue weighted by Gasteiger charge is -2.19. The van der Waals surface area contributed by atoms with Crippen molar-refractivity contribution >= 4 is 5.82 Å². The molecule has 96 valence electrons. The van der Waals surface area contributed by atoms with E-state index in [1.807, 2.05) is 42.3 Å². The molecule has 0 fully saturated rings. The number of ether oxygens (including phenoxy) is 1. The lowest BCUT2D eigenvalue weighted by Crippen LogP contribution is -2.18. The van der Waals surface area contributed by atoms with Crippen LogP contribution in [0.5, 0.6) is 5.75 Å². The van der Waals surface area contributed by atoms with Gasteiger partial charge in [-0.3, -0.25) is 0 Å². The maximum Gasteiger partial charge on any atom is 0.145 e. The van der Waals surface area contributed by atoms with Crippen molar-refractivity contribution in [1.82, 2.24) is 9.97 Å². The van der Waals surface area contributed by atoms with Gasteiger partial charge in [-0.15, -0.1) is 0 Å². The van der Waals surface area contributed by atoms with Gasteiger partial charge in [-0.05, 0) is 6.07 Å². The van der Waals surface area contributed by atoms with E-state index in [1.54, 1.807) is 13.2 Å². The zero-order valence-electron chi connectivity index (χ0n) is 10.9. The second-order valence-electron chi connectivity index (χ2n) is 4.04. The zero-order chi connectivity index (χ0) is 13.7. The van der Waals surface area contributed by atoms with Crippen LogP contribution < -0.4 is 9.64 Å². The SMILES string of the molecule is COc1ccccc1CN(C)c1cc(C#N)ncn1. The second kappa shape index (κ2) is 5.83. The van der Waals surface area contributed by atoms with Gasteiger partial charge in [0.25, 0.3) is 0 Å². The molecule has 0 aliphatic carbocycles. The van der Waals surface area contributed by atoms with Crippen molar-refractivity contribution in [2.24, 2.45) is 0 Å². The van der Waals surface area contributed by atoms with Crippen molar-refractivity contribution in [3.63, 3.8) is 0 Å². The smallest absolute Gasteiger partial charge is 0.145 e. The highest BCUT2D eigenvalue weighted by molar-refractivity contribution is 5.44. The third kappa shape index (κ3) is 2.99. The van der Waals surface area contributed by atoms with Crippen LogP contribution in [0.15, 0.2) is 36.7 Å². The second-order valence-corrected chi connectivity index (χ2v) is 4.04. The molecule has 2 aromatic rings. The van der Waals surface area contributed by atoms with Gasteiger partial charge in [0, 0.05) is 25.2 Å². The monoisotopic (exact) mass is 254 g/mol. The summed E-state index contributed by atoms with van der Waals surface area (Å²) in [4.78, 5) is 9.96. The Bertz CT molecular complexity index is 606. The summed E-state index contributed by atoms with van der Waals surface area (Å²) in [6.07, 6.45) is 1.40. The van der Waals surface area contributed by atoms with Gasteiger partial charge in [0.05, 0.1) is 7.11 Å². The Hall–Kier alpha value is -2.61. The van der Waals surface area contributed by atoms with Crippen LogP contribution in [0.2, 0.25) is 0 Å². The molecule has 0 bridgehead atoms. The minimum atomic E-state index is 0.358. The third-order valence-corrected chi connectivity index (χ3v) is 2.76. The highest BCUT2D eigenvalue weighted by Gasteiger charge is 2.08. The summed E-state index contributed by atoms with van der Waals surface area (Å²) in [5.74, 6) is 1.54. The molecule has 0 saturated carbocycles. The number of anilines is 1. The number of hydrogen-bond donors (Lipinski definition) is 0. The Morgan fingerprint density at radius 1 is 1.32 bits per heavy atom. The first-order valence-corrected chi connectivity index (χ1v) is 5.79. The standard InChI is InChI=1S/C14H14N4O/c1-18(14-7-12(8-15)16-10-17-14)9-11-5-3-4-6-13(11)19-2/h3-7,10H,9H2,1-2H3. The molecule has 19 heavy (non-hydrogen) atoms. The molecule has 0 saturated heterocycles. The molecule has 0 aliphatic heterocycles. The van der Waals surface area contributed by atoms with Gasteiger partial charge >= 0.3 is 0 Å². The molecule has 0 spiro atoms. The molecule has 1 aromatic heterocycles. The summed E-state index contributed by atoms with van der Waals surface area (Å²) >= 11 is 0. The Labute approximate surface area is 112 Å². The van der Waals surface area contributed by atoms with E-state index >= 15 is 0 Å². The van der Waals surface area contributed by atoms with Gasteiger partial charge in [0.1, 0.15) is 29.7 Å². The molecule has 0 unspecified atom stereocenters. The predicted octanol–water partition coefficient (Wildman–Crippen LogP) is 1.99. The first-order valence-electron chi connectivity index (χ1n) is 5.79. The molecule has 5 nitrogen and oxygen atoms in total. The van der Waals surface area contributed by atoms with E-state index in [0.29, 0.717) is 18.1 Å². The van der Waals surface area contributed by atoms with E-state index in [2.05, 4.69) is 9.97 Å². The number of nitrogens with zero attached hydrogens (tertiary/aromatic N) is 4. The lowest BCUT2D eigenvalue weighted by atomic mass is 10.2. The largest absolute Gasteiger partial charge is 0.496 e. The minimum absolute atomic E-state index is 0.358. The lowest BCUT2D eigenvalue weighted by molar-refractivity contribution is 0.409. The van der Waals surface area contributed by atoms with Crippen LogP contribution in [0.25, 0.3) is 0 Å². The van der Waals surface area contributed by atoms with Crippen molar-refractivity contribution in [1.29, 1.82) is 5.26 Å². The molecule has 0 atom stereocenters. The summed E-state index contributed by atoms with van der Waals surface area (Å²) in [6, 6.07) is 11.5. The molecule has 1 heterocycles. The van der Waals surface area contributed by atoms with Crippen LogP contribution in [-0.4, -0.2) is 24.1 Å². The van der Waals surface area contributed by atoms with Crippen LogP contribution in [0.1, 0.15) is 11.3 Å². The molecule has 0 N–H and O–H groups in total. The summed E-state index contributed by atoms with van der Waals surface area (Å²) in [6.45, 7) is 0.645. The van der Waals surface area contributed by atoms with Crippen LogP contribution in [0.4, 0.5) is 5.82 Å². The maximum absolute atomic E-state index is 8.84. The molecule has 2 rings (SSSR count). The van der Waals surface area contributed by atoms with Gasteiger partial charge in [-0.1, -0.05) is 18.2 Å². The fraction of sp³-hybridized carbons (Fsp3) is 0.214. The summed E-state index contributed by atoms with van der Waals surface area (Å²) in [5.41, 5.74) is 1.42. The van der Waals surface area contributed by atoms with Crippen molar-refractivity contribution in [2.75, 3.05) is 19.1 Å². The normalized spacial score (nSPS) is 9.74. The summed E-state index contributed by atoms with van der Waals surface area (Å²) < 4.78 is 5.32. The van der Waals surface area contributed by atoms with Crippen LogP contribution in [0.3, 0.4) is 0 Å². The van der Waals surface area contributed by atoms with Gasteiger partial charge < -0.3 is 9.64 Å². The van der Waals surface area contributed by atoms with Crippen LogP contribution >= 0.6 is 0 Å². The molecule has 0 amide bonds. The average Bonchev–Trinajstić information content (AvgIpc) is 2.47. The van der Waals surface area contributed by atoms with E-state index in [0.717, 1.165) is 11.3 Å². The van der Waals surface area contributed by atoms with Gasteiger partial charge in [-0.25, -0.2) is 9.97 Å². The average molecular weight is 254 g/mol. The van der Waals surface area contributed by atoms with E-state index < -0.39 is 0 Å². The molecular weight excluding hydrogens is 240 g/mol. The number of hydrogen-bond acceptors (Lipinski definition) is 5. The van der Waals surface area contributed by atoms with Gasteiger partial charge in [-0.2, -0.15) is 5.26 Å². The van der Waals surface area contributed by atoms with Crippen molar-refractivity contribution in [3.8, 4) is 11.8 Å². The first-order chi connectivity index (χ1) is 9.24. The highest BCUT2D eigenvalue weighted by atomic mass is 16.5. The topological polar surface area (TPSA) is 62.0 Å². The Morgan fingerprint density at radius 3 is 2.84 bits per heavy atom. The number of methoxy groups -OCH3 is 1. The number of para-hydroxylation sites is 1. The summed E-state index contributed by atoms with van der Waals surface area (Å²) in [5, 5.41) is 8.84. The Morgan fingerprint density at radius 2 is 2.11 bits per heavy atom. The molecule has 0 radical (unpaired) electrons.